The van der Waals surface area contributed by atoms with Crippen LogP contribution in [0.2, 0.25) is 0 Å². The molecular weight excluding hydrogens is 208 g/mol. The van der Waals surface area contributed by atoms with E-state index in [9.17, 15) is 0 Å². The smallest absolute Gasteiger partial charge is 0.0223 e. The highest BCUT2D eigenvalue weighted by Crippen LogP contribution is 2.27. The predicted octanol–water partition coefficient (Wildman–Crippen LogP) is 2.81. The van der Waals surface area contributed by atoms with E-state index < -0.39 is 0 Å². The minimum absolute atomic E-state index is 0.753. The van der Waals surface area contributed by atoms with Gasteiger partial charge in [-0.1, -0.05) is 31.4 Å². The van der Waals surface area contributed by atoms with Crippen molar-refractivity contribution in [3.8, 4) is 0 Å². The summed E-state index contributed by atoms with van der Waals surface area (Å²) in [6.07, 6.45) is 13.1. The summed E-state index contributed by atoms with van der Waals surface area (Å²) < 4.78 is 0. The summed E-state index contributed by atoms with van der Waals surface area (Å²) in [6.45, 7) is 7.00. The lowest BCUT2D eigenvalue weighted by molar-refractivity contribution is 0.217. The van der Waals surface area contributed by atoms with Gasteiger partial charge in [0.05, 0.1) is 0 Å². The van der Waals surface area contributed by atoms with Crippen LogP contribution in [-0.4, -0.2) is 37.1 Å². The molecular formula is C15H28N2. The number of hydrogen-bond acceptors (Lipinski definition) is 2. The molecule has 0 amide bonds. The summed E-state index contributed by atoms with van der Waals surface area (Å²) in [4.78, 5) is 2.62. The van der Waals surface area contributed by atoms with E-state index >= 15 is 0 Å². The first-order valence-electron chi connectivity index (χ1n) is 7.47. The maximum Gasteiger partial charge on any atom is 0.0223 e. The monoisotopic (exact) mass is 236 g/mol. The van der Waals surface area contributed by atoms with E-state index in [-0.39, 0.29) is 0 Å². The Bertz CT molecular complexity index is 231. The third-order valence-electron chi connectivity index (χ3n) is 4.33. The Kier molecular flexibility index (Phi) is 5.53. The van der Waals surface area contributed by atoms with Crippen molar-refractivity contribution in [3.63, 3.8) is 0 Å². The van der Waals surface area contributed by atoms with Gasteiger partial charge in [-0.15, -0.1) is 0 Å². The summed E-state index contributed by atoms with van der Waals surface area (Å²) >= 11 is 0. The van der Waals surface area contributed by atoms with Crippen LogP contribution in [0.1, 0.15) is 45.4 Å². The third-order valence-corrected chi connectivity index (χ3v) is 4.33. The molecule has 1 saturated carbocycles. The lowest BCUT2D eigenvalue weighted by atomic mass is 9.83. The molecule has 1 N–H and O–H groups in total. The fourth-order valence-corrected chi connectivity index (χ4v) is 3.30. The first-order chi connectivity index (χ1) is 8.40. The molecule has 0 aromatic heterocycles. The van der Waals surface area contributed by atoms with Crippen LogP contribution in [0.15, 0.2) is 12.2 Å². The SMILES string of the molecule is C/C=C/CN1CCCNC(C2CCCCC2)C1. The Hall–Kier alpha value is -0.340. The largest absolute Gasteiger partial charge is 0.312 e. The standard InChI is InChI=1S/C15H28N2/c1-2-3-11-17-12-7-10-16-15(13-17)14-8-5-4-6-9-14/h2-3,14-16H,4-13H2,1H3/b3-2+. The predicted molar refractivity (Wildman–Crippen MR) is 74.2 cm³/mol. The van der Waals surface area contributed by atoms with Gasteiger partial charge in [0.2, 0.25) is 0 Å². The Morgan fingerprint density at radius 2 is 2.00 bits per heavy atom. The highest BCUT2D eigenvalue weighted by Gasteiger charge is 2.26. The minimum Gasteiger partial charge on any atom is -0.312 e. The fraction of sp³-hybridized carbons (Fsp3) is 0.867. The van der Waals surface area contributed by atoms with Crippen LogP contribution in [0.25, 0.3) is 0 Å². The Labute approximate surface area is 106 Å². The molecule has 1 saturated heterocycles. The van der Waals surface area contributed by atoms with E-state index in [1.54, 1.807) is 0 Å². The normalized spacial score (nSPS) is 29.6. The average molecular weight is 236 g/mol. The zero-order valence-electron chi connectivity index (χ0n) is 11.3. The van der Waals surface area contributed by atoms with Crippen molar-refractivity contribution in [2.75, 3.05) is 26.2 Å². The van der Waals surface area contributed by atoms with Gasteiger partial charge in [0.15, 0.2) is 0 Å². The molecule has 1 aliphatic carbocycles. The number of allylic oxidation sites excluding steroid dienone is 1. The minimum atomic E-state index is 0.753. The third kappa shape index (κ3) is 4.11. The van der Waals surface area contributed by atoms with Crippen LogP contribution in [-0.2, 0) is 0 Å². The number of rotatable bonds is 3. The van der Waals surface area contributed by atoms with Gasteiger partial charge in [0, 0.05) is 19.1 Å². The quantitative estimate of drug-likeness (QED) is 0.758. The molecule has 0 bridgehead atoms. The van der Waals surface area contributed by atoms with Gasteiger partial charge < -0.3 is 5.32 Å². The second-order valence-corrected chi connectivity index (χ2v) is 5.64. The van der Waals surface area contributed by atoms with E-state index in [0.29, 0.717) is 0 Å². The van der Waals surface area contributed by atoms with Gasteiger partial charge in [-0.3, -0.25) is 4.90 Å². The van der Waals surface area contributed by atoms with Crippen LogP contribution < -0.4 is 5.32 Å². The summed E-state index contributed by atoms with van der Waals surface area (Å²) in [5.74, 6) is 0.940. The summed E-state index contributed by atoms with van der Waals surface area (Å²) in [6, 6.07) is 0.753. The van der Waals surface area contributed by atoms with Gasteiger partial charge in [0.1, 0.15) is 0 Å². The van der Waals surface area contributed by atoms with Crippen molar-refractivity contribution in [2.45, 2.75) is 51.5 Å². The topological polar surface area (TPSA) is 15.3 Å². The zero-order chi connectivity index (χ0) is 11.9. The molecule has 0 aromatic rings. The van der Waals surface area contributed by atoms with Crippen LogP contribution in [0.3, 0.4) is 0 Å². The second kappa shape index (κ2) is 7.17. The second-order valence-electron chi connectivity index (χ2n) is 5.64. The molecule has 2 aliphatic rings. The molecule has 0 aromatic carbocycles. The lowest BCUT2D eigenvalue weighted by Gasteiger charge is -2.32. The summed E-state index contributed by atoms with van der Waals surface area (Å²) in [7, 11) is 0. The Balaban J connectivity index is 1.86. The highest BCUT2D eigenvalue weighted by atomic mass is 15.2. The van der Waals surface area contributed by atoms with Gasteiger partial charge in [0.25, 0.3) is 0 Å². The van der Waals surface area contributed by atoms with Gasteiger partial charge in [-0.05, 0) is 45.2 Å². The van der Waals surface area contributed by atoms with Crippen LogP contribution in [0.4, 0.5) is 0 Å². The molecule has 2 heteroatoms. The van der Waals surface area contributed by atoms with Crippen LogP contribution >= 0.6 is 0 Å². The van der Waals surface area contributed by atoms with E-state index in [4.69, 9.17) is 0 Å². The van der Waals surface area contributed by atoms with E-state index in [1.165, 1.54) is 58.2 Å². The first-order valence-corrected chi connectivity index (χ1v) is 7.47. The van der Waals surface area contributed by atoms with Crippen molar-refractivity contribution in [1.82, 2.24) is 10.2 Å². The maximum atomic E-state index is 3.79. The molecule has 2 fully saturated rings. The molecule has 1 unspecified atom stereocenters. The molecule has 1 heterocycles. The van der Waals surface area contributed by atoms with E-state index in [0.717, 1.165) is 18.5 Å². The Morgan fingerprint density at radius 1 is 1.18 bits per heavy atom. The Morgan fingerprint density at radius 3 is 2.76 bits per heavy atom. The lowest BCUT2D eigenvalue weighted by Crippen LogP contribution is -2.43. The fourth-order valence-electron chi connectivity index (χ4n) is 3.30. The molecule has 98 valence electrons. The molecule has 2 nitrogen and oxygen atoms in total. The highest BCUT2D eigenvalue weighted by molar-refractivity contribution is 4.88. The molecule has 0 radical (unpaired) electrons. The molecule has 0 spiro atoms. The van der Waals surface area contributed by atoms with E-state index in [2.05, 4.69) is 29.3 Å². The number of nitrogens with zero attached hydrogens (tertiary/aromatic N) is 1. The molecule has 1 aliphatic heterocycles. The van der Waals surface area contributed by atoms with Crippen molar-refractivity contribution in [3.05, 3.63) is 12.2 Å². The number of nitrogens with one attached hydrogen (secondary N) is 1. The average Bonchev–Trinajstić information content (AvgIpc) is 2.63. The summed E-state index contributed by atoms with van der Waals surface area (Å²) in [5, 5.41) is 3.79. The van der Waals surface area contributed by atoms with Crippen molar-refractivity contribution in [2.24, 2.45) is 5.92 Å². The van der Waals surface area contributed by atoms with Crippen molar-refractivity contribution in [1.29, 1.82) is 0 Å². The number of hydrogen-bond donors (Lipinski definition) is 1. The zero-order valence-corrected chi connectivity index (χ0v) is 11.3. The van der Waals surface area contributed by atoms with Crippen molar-refractivity contribution < 1.29 is 0 Å². The van der Waals surface area contributed by atoms with E-state index in [1.807, 2.05) is 0 Å². The maximum absolute atomic E-state index is 3.79. The first kappa shape index (κ1) is 13.1. The van der Waals surface area contributed by atoms with Gasteiger partial charge >= 0.3 is 0 Å². The van der Waals surface area contributed by atoms with Crippen molar-refractivity contribution >= 4 is 0 Å². The van der Waals surface area contributed by atoms with Gasteiger partial charge in [-0.25, -0.2) is 0 Å². The van der Waals surface area contributed by atoms with Crippen LogP contribution in [0.5, 0.6) is 0 Å². The van der Waals surface area contributed by atoms with Gasteiger partial charge in [-0.2, -0.15) is 0 Å². The van der Waals surface area contributed by atoms with Crippen LogP contribution in [0, 0.1) is 5.92 Å². The molecule has 1 atom stereocenters. The molecule has 17 heavy (non-hydrogen) atoms. The summed E-state index contributed by atoms with van der Waals surface area (Å²) in [5.41, 5.74) is 0. The molecule has 2 rings (SSSR count).